The Bertz CT molecular complexity index is 217. The van der Waals surface area contributed by atoms with Crippen molar-refractivity contribution in [3.05, 3.63) is 0 Å². The minimum atomic E-state index is 0.574. The Hall–Kier alpha value is -0.570. The van der Waals surface area contributed by atoms with E-state index in [0.29, 0.717) is 11.8 Å². The summed E-state index contributed by atoms with van der Waals surface area (Å²) in [6.45, 7) is 3.56. The zero-order chi connectivity index (χ0) is 8.84. The maximum atomic E-state index is 8.96. The molecule has 4 fully saturated rings. The number of oxime groups is 1. The lowest BCUT2D eigenvalue weighted by Gasteiger charge is -2.40. The number of piperidine rings is 1. The minimum Gasteiger partial charge on any atom is -0.411 e. The Balaban J connectivity index is 1.96. The van der Waals surface area contributed by atoms with Crippen LogP contribution in [-0.4, -0.2) is 35.5 Å². The molecular weight excluding hydrogens is 164 g/mol. The summed E-state index contributed by atoms with van der Waals surface area (Å²) in [7, 11) is 0. The van der Waals surface area contributed by atoms with Gasteiger partial charge in [0.1, 0.15) is 0 Å². The van der Waals surface area contributed by atoms with Gasteiger partial charge in [0.15, 0.2) is 0 Å². The Kier molecular flexibility index (Phi) is 1.62. The molecule has 3 heterocycles. The highest BCUT2D eigenvalue weighted by molar-refractivity contribution is 5.90. The standard InChI is InChI=1S/C10H16N2O/c13-11-10-8-3-7-1-2-12(5-8)6-9(10)4-7/h7-9,13H,1-6H2. The second-order valence-electron chi connectivity index (χ2n) is 4.80. The van der Waals surface area contributed by atoms with Gasteiger partial charge in [0.25, 0.3) is 0 Å². The van der Waals surface area contributed by atoms with E-state index in [-0.39, 0.29) is 0 Å². The summed E-state index contributed by atoms with van der Waals surface area (Å²) in [5.41, 5.74) is 1.11. The van der Waals surface area contributed by atoms with Crippen molar-refractivity contribution in [2.24, 2.45) is 22.9 Å². The van der Waals surface area contributed by atoms with Crippen molar-refractivity contribution in [1.29, 1.82) is 0 Å². The van der Waals surface area contributed by atoms with Gasteiger partial charge in [0, 0.05) is 24.9 Å². The Morgan fingerprint density at radius 3 is 2.54 bits per heavy atom. The first-order valence-electron chi connectivity index (χ1n) is 5.31. The number of hydrogen-bond donors (Lipinski definition) is 1. The van der Waals surface area contributed by atoms with Crippen LogP contribution in [0.3, 0.4) is 0 Å². The predicted molar refractivity (Wildman–Crippen MR) is 50.0 cm³/mol. The van der Waals surface area contributed by atoms with Crippen LogP contribution in [0.4, 0.5) is 0 Å². The molecule has 3 saturated heterocycles. The van der Waals surface area contributed by atoms with Gasteiger partial charge in [-0.2, -0.15) is 0 Å². The van der Waals surface area contributed by atoms with Gasteiger partial charge in [0.05, 0.1) is 5.71 Å². The minimum absolute atomic E-state index is 0.574. The third-order valence-corrected chi connectivity index (χ3v) is 4.00. The number of nitrogens with zero attached hydrogens (tertiary/aromatic N) is 2. The van der Waals surface area contributed by atoms with E-state index < -0.39 is 0 Å². The summed E-state index contributed by atoms with van der Waals surface area (Å²) < 4.78 is 0. The summed E-state index contributed by atoms with van der Waals surface area (Å²) in [5, 5.41) is 12.5. The molecule has 1 aliphatic carbocycles. The van der Waals surface area contributed by atoms with E-state index in [2.05, 4.69) is 10.1 Å². The molecule has 0 amide bonds. The lowest BCUT2D eigenvalue weighted by atomic mass is 9.72. The van der Waals surface area contributed by atoms with Crippen molar-refractivity contribution < 1.29 is 5.21 Å². The molecule has 3 aliphatic heterocycles. The van der Waals surface area contributed by atoms with Crippen LogP contribution in [0.1, 0.15) is 19.3 Å². The molecule has 0 aromatic carbocycles. The van der Waals surface area contributed by atoms with Crippen LogP contribution in [0.15, 0.2) is 5.16 Å². The molecular formula is C10H16N2O. The van der Waals surface area contributed by atoms with E-state index in [1.54, 1.807) is 0 Å². The predicted octanol–water partition coefficient (Wildman–Crippen LogP) is 1.18. The summed E-state index contributed by atoms with van der Waals surface area (Å²) in [5.74, 6) is 2.06. The molecule has 13 heavy (non-hydrogen) atoms. The summed E-state index contributed by atoms with van der Waals surface area (Å²) in [6, 6.07) is 0. The normalized spacial score (nSPS) is 47.8. The molecule has 0 radical (unpaired) electrons. The molecule has 0 aromatic heterocycles. The zero-order valence-corrected chi connectivity index (χ0v) is 7.82. The van der Waals surface area contributed by atoms with Crippen molar-refractivity contribution in [2.45, 2.75) is 19.3 Å². The lowest BCUT2D eigenvalue weighted by Crippen LogP contribution is -2.47. The van der Waals surface area contributed by atoms with Gasteiger partial charge in [-0.25, -0.2) is 0 Å². The molecule has 0 spiro atoms. The van der Waals surface area contributed by atoms with Crippen LogP contribution in [0.2, 0.25) is 0 Å². The molecule has 0 aromatic rings. The van der Waals surface area contributed by atoms with Gasteiger partial charge in [-0.15, -0.1) is 0 Å². The topological polar surface area (TPSA) is 35.8 Å². The number of hydrogen-bond acceptors (Lipinski definition) is 3. The first kappa shape index (κ1) is 7.80. The van der Waals surface area contributed by atoms with Crippen molar-refractivity contribution in [3.8, 4) is 0 Å². The number of rotatable bonds is 0. The highest BCUT2D eigenvalue weighted by Gasteiger charge is 2.42. The summed E-state index contributed by atoms with van der Waals surface area (Å²) in [6.07, 6.45) is 3.91. The average Bonchev–Trinajstić information content (AvgIpc) is 2.35. The Labute approximate surface area is 78.4 Å². The average molecular weight is 180 g/mol. The molecule has 1 saturated carbocycles. The second-order valence-corrected chi connectivity index (χ2v) is 4.80. The molecule has 4 rings (SSSR count). The van der Waals surface area contributed by atoms with E-state index >= 15 is 0 Å². The fraction of sp³-hybridized carbons (Fsp3) is 0.900. The molecule has 1 N–H and O–H groups in total. The first-order valence-corrected chi connectivity index (χ1v) is 5.31. The quantitative estimate of drug-likeness (QED) is 0.449. The third-order valence-electron chi connectivity index (χ3n) is 4.00. The maximum Gasteiger partial charge on any atom is 0.0658 e. The van der Waals surface area contributed by atoms with Crippen LogP contribution in [0, 0.1) is 17.8 Å². The van der Waals surface area contributed by atoms with E-state index in [0.717, 1.165) is 24.7 Å². The van der Waals surface area contributed by atoms with Gasteiger partial charge >= 0.3 is 0 Å². The van der Waals surface area contributed by atoms with Crippen molar-refractivity contribution >= 4 is 5.71 Å². The molecule has 4 bridgehead atoms. The largest absolute Gasteiger partial charge is 0.411 e. The van der Waals surface area contributed by atoms with Crippen LogP contribution < -0.4 is 0 Å². The van der Waals surface area contributed by atoms with Gasteiger partial charge in [-0.3, -0.25) is 0 Å². The smallest absolute Gasteiger partial charge is 0.0658 e. The highest BCUT2D eigenvalue weighted by Crippen LogP contribution is 2.40. The molecule has 2 unspecified atom stereocenters. The van der Waals surface area contributed by atoms with Crippen LogP contribution >= 0.6 is 0 Å². The van der Waals surface area contributed by atoms with E-state index in [1.807, 2.05) is 0 Å². The molecule has 2 atom stereocenters. The summed E-state index contributed by atoms with van der Waals surface area (Å²) in [4.78, 5) is 2.55. The Morgan fingerprint density at radius 1 is 1.23 bits per heavy atom. The van der Waals surface area contributed by atoms with Gasteiger partial charge in [-0.1, -0.05) is 5.16 Å². The number of fused-ring (bicyclic) bond motifs is 1. The monoisotopic (exact) mass is 180 g/mol. The Morgan fingerprint density at radius 2 is 1.92 bits per heavy atom. The fourth-order valence-electron chi connectivity index (χ4n) is 3.46. The van der Waals surface area contributed by atoms with Crippen molar-refractivity contribution in [2.75, 3.05) is 19.6 Å². The van der Waals surface area contributed by atoms with Crippen LogP contribution in [-0.2, 0) is 0 Å². The highest BCUT2D eigenvalue weighted by atomic mass is 16.4. The van der Waals surface area contributed by atoms with Crippen molar-refractivity contribution in [3.63, 3.8) is 0 Å². The van der Waals surface area contributed by atoms with E-state index in [9.17, 15) is 0 Å². The second kappa shape index (κ2) is 2.71. The summed E-state index contributed by atoms with van der Waals surface area (Å²) >= 11 is 0. The third kappa shape index (κ3) is 1.10. The lowest BCUT2D eigenvalue weighted by molar-refractivity contribution is 0.195. The van der Waals surface area contributed by atoms with Gasteiger partial charge in [-0.05, 0) is 31.7 Å². The molecule has 3 heteroatoms. The fourth-order valence-corrected chi connectivity index (χ4v) is 3.46. The van der Waals surface area contributed by atoms with Gasteiger partial charge in [0.2, 0.25) is 0 Å². The van der Waals surface area contributed by atoms with Crippen molar-refractivity contribution in [1.82, 2.24) is 4.90 Å². The zero-order valence-electron chi connectivity index (χ0n) is 7.82. The van der Waals surface area contributed by atoms with E-state index in [1.165, 1.54) is 25.8 Å². The first-order chi connectivity index (χ1) is 6.36. The maximum absolute atomic E-state index is 8.96. The molecule has 3 nitrogen and oxygen atoms in total. The van der Waals surface area contributed by atoms with E-state index in [4.69, 9.17) is 5.21 Å². The molecule has 72 valence electrons. The SMILES string of the molecule is ON=C1C2CC3CCN(C2)CC1C3. The van der Waals surface area contributed by atoms with Crippen LogP contribution in [0.25, 0.3) is 0 Å². The van der Waals surface area contributed by atoms with Crippen LogP contribution in [0.5, 0.6) is 0 Å². The van der Waals surface area contributed by atoms with Gasteiger partial charge < -0.3 is 10.1 Å². The molecule has 4 aliphatic rings.